The van der Waals surface area contributed by atoms with E-state index < -0.39 is 37.0 Å². The summed E-state index contributed by atoms with van der Waals surface area (Å²) in [5.74, 6) is -0.216. The Kier molecular flexibility index (Phi) is 3.20. The monoisotopic (exact) mass is 303 g/mol. The van der Waals surface area contributed by atoms with Gasteiger partial charge in [0.15, 0.2) is 23.2 Å². The van der Waals surface area contributed by atoms with E-state index in [1.54, 1.807) is 0 Å². The van der Waals surface area contributed by atoms with E-state index in [0.29, 0.717) is 0 Å². The number of fused-ring (bicyclic) bond motifs is 1. The van der Waals surface area contributed by atoms with Crippen LogP contribution in [0.4, 0.5) is 14.6 Å². The first-order chi connectivity index (χ1) is 9.90. The maximum absolute atomic E-state index is 13.2. The highest BCUT2D eigenvalue weighted by Gasteiger charge is 2.47. The molecule has 0 amide bonds. The van der Waals surface area contributed by atoms with Gasteiger partial charge < -0.3 is 25.8 Å². The molecule has 1 unspecified atom stereocenters. The number of nitrogens with zero attached hydrogens (tertiary/aromatic N) is 4. The van der Waals surface area contributed by atoms with E-state index in [9.17, 15) is 19.0 Å². The van der Waals surface area contributed by atoms with E-state index in [2.05, 4.69) is 15.0 Å². The maximum atomic E-state index is 13.2. The first-order valence-electron chi connectivity index (χ1n) is 5.89. The molecular formula is C10H11F2N5O4. The summed E-state index contributed by atoms with van der Waals surface area (Å²) in [6, 6.07) is 0. The average molecular weight is 303 g/mol. The maximum Gasteiger partial charge on any atom is 0.312 e. The van der Waals surface area contributed by atoms with Gasteiger partial charge in [-0.3, -0.25) is 4.57 Å². The molecule has 11 heteroatoms. The highest BCUT2D eigenvalue weighted by molar-refractivity contribution is 5.81. The van der Waals surface area contributed by atoms with Gasteiger partial charge in [0, 0.05) is 0 Å². The molecule has 3 rings (SSSR count). The summed E-state index contributed by atoms with van der Waals surface area (Å²) in [5.41, 5.74) is 5.46. The third-order valence-corrected chi connectivity index (χ3v) is 3.24. The second-order valence-electron chi connectivity index (χ2n) is 4.55. The molecule has 1 fully saturated rings. The summed E-state index contributed by atoms with van der Waals surface area (Å²) in [7, 11) is 0. The van der Waals surface area contributed by atoms with Crippen LogP contribution in [0.25, 0.3) is 11.2 Å². The molecule has 0 bridgehead atoms. The lowest BCUT2D eigenvalue weighted by atomic mass is 10.1. The lowest BCUT2D eigenvalue weighted by Gasteiger charge is -2.16. The van der Waals surface area contributed by atoms with Crippen LogP contribution in [0.2, 0.25) is 0 Å². The Morgan fingerprint density at radius 2 is 2.05 bits per heavy atom. The minimum atomic E-state index is -2.49. The molecule has 5 atom stereocenters. The van der Waals surface area contributed by atoms with Gasteiger partial charge in [0.2, 0.25) is 6.36 Å². The zero-order valence-corrected chi connectivity index (χ0v) is 10.3. The van der Waals surface area contributed by atoms with Crippen molar-refractivity contribution in [3.05, 3.63) is 12.4 Å². The largest absolute Gasteiger partial charge is 0.387 e. The molecule has 3 heterocycles. The molecule has 1 aliphatic rings. The number of ether oxygens (including phenoxy) is 1. The number of aliphatic hydroxyl groups is 3. The Labute approximate surface area is 115 Å². The normalized spacial score (nSPS) is 30.9. The first kappa shape index (κ1) is 14.0. The topological polar surface area (TPSA) is 140 Å². The summed E-state index contributed by atoms with van der Waals surface area (Å²) in [5, 5.41) is 28.4. The second kappa shape index (κ2) is 4.80. The lowest BCUT2D eigenvalue weighted by Crippen LogP contribution is -2.36. The number of nitrogen functional groups attached to an aromatic ring is 1. The van der Waals surface area contributed by atoms with Gasteiger partial charge in [-0.15, -0.1) is 0 Å². The number of nitrogens with two attached hydrogens (primary N) is 1. The van der Waals surface area contributed by atoms with Crippen molar-refractivity contribution >= 4 is 17.0 Å². The molecule has 0 saturated carbocycles. The number of hydrogen-bond donors (Lipinski definition) is 4. The van der Waals surface area contributed by atoms with Crippen molar-refractivity contribution in [3.8, 4) is 0 Å². The molecule has 0 aliphatic carbocycles. The fourth-order valence-electron chi connectivity index (χ4n) is 2.24. The van der Waals surface area contributed by atoms with E-state index in [1.807, 2.05) is 0 Å². The van der Waals surface area contributed by atoms with Crippen molar-refractivity contribution in [2.75, 3.05) is 5.73 Å². The van der Waals surface area contributed by atoms with Crippen LogP contribution < -0.4 is 5.73 Å². The minimum absolute atomic E-state index is 0.0611. The Balaban J connectivity index is 2.05. The molecule has 0 spiro atoms. The number of alkyl halides is 1. The average Bonchev–Trinajstić information content (AvgIpc) is 2.93. The van der Waals surface area contributed by atoms with Crippen LogP contribution in [-0.4, -0.2) is 59.5 Å². The lowest BCUT2D eigenvalue weighted by molar-refractivity contribution is -0.130. The predicted octanol–water partition coefficient (Wildman–Crippen LogP) is -1.55. The Morgan fingerprint density at radius 3 is 2.67 bits per heavy atom. The smallest absolute Gasteiger partial charge is 0.312 e. The Morgan fingerprint density at radius 1 is 1.33 bits per heavy atom. The fraction of sp³-hybridized carbons (Fsp3) is 0.500. The second-order valence-corrected chi connectivity index (χ2v) is 4.55. The van der Waals surface area contributed by atoms with Gasteiger partial charge in [-0.25, -0.2) is 9.37 Å². The van der Waals surface area contributed by atoms with Crippen LogP contribution >= 0.6 is 0 Å². The Hall–Kier alpha value is -1.95. The van der Waals surface area contributed by atoms with Crippen molar-refractivity contribution < 1.29 is 28.8 Å². The third-order valence-electron chi connectivity index (χ3n) is 3.24. The van der Waals surface area contributed by atoms with Crippen molar-refractivity contribution in [3.63, 3.8) is 0 Å². The molecule has 0 aromatic carbocycles. The van der Waals surface area contributed by atoms with E-state index >= 15 is 0 Å². The van der Waals surface area contributed by atoms with Gasteiger partial charge in [0.1, 0.15) is 18.3 Å². The van der Waals surface area contributed by atoms with Crippen LogP contribution in [0.1, 0.15) is 6.23 Å². The molecule has 0 radical (unpaired) electrons. The summed E-state index contributed by atoms with van der Waals surface area (Å²) >= 11 is 0. The first-order valence-corrected chi connectivity index (χ1v) is 5.89. The number of rotatable bonds is 2. The SMILES string of the molecule is Nc1nc(F)nc2c1ncn2[C@@H]1O[C@H](C(O)F)[C@@H](O)[C@H]1O. The fourth-order valence-corrected chi connectivity index (χ4v) is 2.24. The van der Waals surface area contributed by atoms with Crippen molar-refractivity contribution in [1.29, 1.82) is 0 Å². The summed E-state index contributed by atoms with van der Waals surface area (Å²) in [6.07, 6.45) is -8.68. The quantitative estimate of drug-likeness (QED) is 0.489. The number of imidazole rings is 1. The van der Waals surface area contributed by atoms with Gasteiger partial charge >= 0.3 is 6.08 Å². The predicted molar refractivity (Wildman–Crippen MR) is 62.7 cm³/mol. The zero-order valence-electron chi connectivity index (χ0n) is 10.3. The number of anilines is 1. The number of hydrogen-bond acceptors (Lipinski definition) is 8. The molecular weight excluding hydrogens is 292 g/mol. The molecule has 114 valence electrons. The van der Waals surface area contributed by atoms with E-state index in [1.165, 1.54) is 0 Å². The summed E-state index contributed by atoms with van der Waals surface area (Å²) < 4.78 is 32.3. The molecule has 2 aromatic rings. The minimum Gasteiger partial charge on any atom is -0.387 e. The third kappa shape index (κ3) is 2.10. The highest BCUT2D eigenvalue weighted by atomic mass is 19.1. The van der Waals surface area contributed by atoms with E-state index in [-0.39, 0.29) is 17.0 Å². The van der Waals surface area contributed by atoms with Gasteiger partial charge in [0.25, 0.3) is 0 Å². The summed E-state index contributed by atoms with van der Waals surface area (Å²) in [4.78, 5) is 10.6. The van der Waals surface area contributed by atoms with Crippen LogP contribution in [0, 0.1) is 6.08 Å². The van der Waals surface area contributed by atoms with Gasteiger partial charge in [0.05, 0.1) is 6.33 Å². The molecule has 1 saturated heterocycles. The standard InChI is InChI=1S/C10H11F2N5O4/c11-6(20)5-3(18)4(19)9(21-5)17-1-14-2-7(13)15-10(12)16-8(2)17/h1,3-6,9,18-20H,(H2,13,15,16)/t3-,4+,5-,6?,9+/m0/s1. The number of aliphatic hydroxyl groups excluding tert-OH is 3. The van der Waals surface area contributed by atoms with Gasteiger partial charge in [-0.1, -0.05) is 0 Å². The molecule has 9 nitrogen and oxygen atoms in total. The molecule has 5 N–H and O–H groups in total. The number of aromatic nitrogens is 4. The molecule has 21 heavy (non-hydrogen) atoms. The van der Waals surface area contributed by atoms with Crippen LogP contribution in [0.3, 0.4) is 0 Å². The van der Waals surface area contributed by atoms with Crippen molar-refractivity contribution in [2.24, 2.45) is 0 Å². The van der Waals surface area contributed by atoms with Crippen LogP contribution in [0.15, 0.2) is 6.33 Å². The van der Waals surface area contributed by atoms with Gasteiger partial charge in [-0.05, 0) is 0 Å². The van der Waals surface area contributed by atoms with Crippen molar-refractivity contribution in [1.82, 2.24) is 19.5 Å². The van der Waals surface area contributed by atoms with Crippen LogP contribution in [-0.2, 0) is 4.74 Å². The van der Waals surface area contributed by atoms with Crippen LogP contribution in [0.5, 0.6) is 0 Å². The molecule has 2 aromatic heterocycles. The van der Waals surface area contributed by atoms with E-state index in [0.717, 1.165) is 10.9 Å². The Bertz CT molecular complexity index is 681. The zero-order chi connectivity index (χ0) is 15.3. The van der Waals surface area contributed by atoms with Crippen molar-refractivity contribution in [2.45, 2.75) is 30.9 Å². The number of halogens is 2. The molecule has 1 aliphatic heterocycles. The van der Waals surface area contributed by atoms with E-state index in [4.69, 9.17) is 15.6 Å². The summed E-state index contributed by atoms with van der Waals surface area (Å²) in [6.45, 7) is 0. The highest BCUT2D eigenvalue weighted by Crippen LogP contribution is 2.33. The van der Waals surface area contributed by atoms with Gasteiger partial charge in [-0.2, -0.15) is 14.4 Å².